The molecule has 1 aliphatic rings. The molecule has 1 atom stereocenters. The summed E-state index contributed by atoms with van der Waals surface area (Å²) in [5.74, 6) is 0. The number of nitro groups is 1. The maximum atomic E-state index is 10.7. The molecule has 0 saturated carbocycles. The highest BCUT2D eigenvalue weighted by atomic mass is 16.6. The minimum Gasteiger partial charge on any atom is -0.381 e. The standard InChI is InChI=1S/C17H18N2O2/c1-11-17(2,3)15-10-13(6-9-16(15)18-11)12-4-7-14(8-5-12)19(20)21/h4-11,18H,1-3H3. The largest absolute Gasteiger partial charge is 0.381 e. The van der Waals surface area contributed by atoms with E-state index in [4.69, 9.17) is 0 Å². The summed E-state index contributed by atoms with van der Waals surface area (Å²) in [4.78, 5) is 10.3. The zero-order valence-electron chi connectivity index (χ0n) is 12.4. The maximum Gasteiger partial charge on any atom is 0.269 e. The van der Waals surface area contributed by atoms with Crippen molar-refractivity contribution in [3.63, 3.8) is 0 Å². The Morgan fingerprint density at radius 2 is 1.71 bits per heavy atom. The van der Waals surface area contributed by atoms with Crippen molar-refractivity contribution in [3.8, 4) is 11.1 Å². The third-order valence-electron chi connectivity index (χ3n) is 4.58. The van der Waals surface area contributed by atoms with Crippen molar-refractivity contribution in [2.45, 2.75) is 32.2 Å². The third kappa shape index (κ3) is 2.17. The van der Waals surface area contributed by atoms with E-state index in [9.17, 15) is 10.1 Å². The van der Waals surface area contributed by atoms with Gasteiger partial charge in [-0.3, -0.25) is 10.1 Å². The van der Waals surface area contributed by atoms with Crippen molar-refractivity contribution in [1.29, 1.82) is 0 Å². The molecule has 0 aliphatic carbocycles. The smallest absolute Gasteiger partial charge is 0.269 e. The maximum absolute atomic E-state index is 10.7. The summed E-state index contributed by atoms with van der Waals surface area (Å²) in [5, 5.41) is 14.2. The number of hydrogen-bond acceptors (Lipinski definition) is 3. The van der Waals surface area contributed by atoms with E-state index in [1.165, 1.54) is 11.3 Å². The van der Waals surface area contributed by atoms with Gasteiger partial charge in [-0.1, -0.05) is 19.9 Å². The van der Waals surface area contributed by atoms with E-state index in [2.05, 4.69) is 44.3 Å². The molecule has 4 nitrogen and oxygen atoms in total. The van der Waals surface area contributed by atoms with E-state index >= 15 is 0 Å². The normalized spacial score (nSPS) is 18.9. The van der Waals surface area contributed by atoms with Gasteiger partial charge in [-0.05, 0) is 47.9 Å². The molecule has 3 rings (SSSR count). The lowest BCUT2D eigenvalue weighted by atomic mass is 9.80. The Kier molecular flexibility index (Phi) is 2.97. The lowest BCUT2D eigenvalue weighted by molar-refractivity contribution is -0.384. The van der Waals surface area contributed by atoms with Crippen LogP contribution in [0.3, 0.4) is 0 Å². The molecular weight excluding hydrogens is 264 g/mol. The number of hydrogen-bond donors (Lipinski definition) is 1. The number of fused-ring (bicyclic) bond motifs is 1. The Bertz CT molecular complexity index is 705. The van der Waals surface area contributed by atoms with Crippen LogP contribution in [-0.4, -0.2) is 11.0 Å². The minimum absolute atomic E-state index is 0.0755. The molecule has 0 fully saturated rings. The number of nitro benzene ring substituents is 1. The highest BCUT2D eigenvalue weighted by Crippen LogP contribution is 2.42. The molecule has 0 amide bonds. The quantitative estimate of drug-likeness (QED) is 0.658. The van der Waals surface area contributed by atoms with E-state index in [-0.39, 0.29) is 16.0 Å². The molecule has 108 valence electrons. The van der Waals surface area contributed by atoms with Gasteiger partial charge in [0.25, 0.3) is 5.69 Å². The summed E-state index contributed by atoms with van der Waals surface area (Å²) in [6.45, 7) is 6.65. The highest BCUT2D eigenvalue weighted by Gasteiger charge is 2.36. The van der Waals surface area contributed by atoms with Crippen molar-refractivity contribution in [1.82, 2.24) is 0 Å². The number of non-ortho nitro benzene ring substituents is 1. The second kappa shape index (κ2) is 4.58. The second-order valence-corrected chi connectivity index (χ2v) is 6.15. The Morgan fingerprint density at radius 3 is 2.33 bits per heavy atom. The first-order chi connectivity index (χ1) is 9.89. The third-order valence-corrected chi connectivity index (χ3v) is 4.58. The van der Waals surface area contributed by atoms with Crippen molar-refractivity contribution in [3.05, 3.63) is 58.1 Å². The van der Waals surface area contributed by atoms with Crippen LogP contribution in [-0.2, 0) is 5.41 Å². The molecule has 2 aromatic carbocycles. The van der Waals surface area contributed by atoms with Gasteiger partial charge < -0.3 is 5.32 Å². The first-order valence-electron chi connectivity index (χ1n) is 7.05. The number of rotatable bonds is 2. The number of benzene rings is 2. The van der Waals surface area contributed by atoms with Crippen LogP contribution in [0.2, 0.25) is 0 Å². The Hall–Kier alpha value is -2.36. The summed E-state index contributed by atoms with van der Waals surface area (Å²) >= 11 is 0. The molecular formula is C17H18N2O2. The van der Waals surface area contributed by atoms with Crippen LogP contribution >= 0.6 is 0 Å². The van der Waals surface area contributed by atoms with Gasteiger partial charge in [0.1, 0.15) is 0 Å². The van der Waals surface area contributed by atoms with E-state index in [0.29, 0.717) is 6.04 Å². The van der Waals surface area contributed by atoms with E-state index in [1.54, 1.807) is 24.3 Å². The van der Waals surface area contributed by atoms with Crippen molar-refractivity contribution < 1.29 is 4.92 Å². The Balaban J connectivity index is 2.02. The molecule has 0 saturated heterocycles. The van der Waals surface area contributed by atoms with Gasteiger partial charge in [0.05, 0.1) is 4.92 Å². The van der Waals surface area contributed by atoms with E-state index < -0.39 is 0 Å². The molecule has 1 unspecified atom stereocenters. The van der Waals surface area contributed by atoms with Crippen molar-refractivity contribution in [2.24, 2.45) is 0 Å². The average Bonchev–Trinajstić information content (AvgIpc) is 2.69. The van der Waals surface area contributed by atoms with Crippen molar-refractivity contribution >= 4 is 11.4 Å². The number of nitrogens with one attached hydrogen (secondary N) is 1. The highest BCUT2D eigenvalue weighted by molar-refractivity contribution is 5.72. The second-order valence-electron chi connectivity index (χ2n) is 6.15. The average molecular weight is 282 g/mol. The van der Waals surface area contributed by atoms with Gasteiger partial charge in [0.15, 0.2) is 0 Å². The molecule has 1 heterocycles. The molecule has 21 heavy (non-hydrogen) atoms. The van der Waals surface area contributed by atoms with Crippen LogP contribution in [0, 0.1) is 10.1 Å². The first kappa shape index (κ1) is 13.6. The lowest BCUT2D eigenvalue weighted by Gasteiger charge is -2.24. The molecule has 0 bridgehead atoms. The fourth-order valence-corrected chi connectivity index (χ4v) is 2.81. The molecule has 1 aliphatic heterocycles. The minimum atomic E-state index is -0.374. The summed E-state index contributed by atoms with van der Waals surface area (Å²) in [5.41, 5.74) is 4.76. The lowest BCUT2D eigenvalue weighted by Crippen LogP contribution is -2.29. The van der Waals surface area contributed by atoms with Gasteiger partial charge in [-0.2, -0.15) is 0 Å². The molecule has 0 radical (unpaired) electrons. The summed E-state index contributed by atoms with van der Waals surface area (Å²) in [6, 6.07) is 13.4. The van der Waals surface area contributed by atoms with Gasteiger partial charge >= 0.3 is 0 Å². The molecule has 2 aromatic rings. The molecule has 0 spiro atoms. The van der Waals surface area contributed by atoms with Crippen LogP contribution < -0.4 is 5.32 Å². The monoisotopic (exact) mass is 282 g/mol. The van der Waals surface area contributed by atoms with E-state index in [1.807, 2.05) is 0 Å². The van der Waals surface area contributed by atoms with Gasteiger partial charge in [-0.25, -0.2) is 0 Å². The van der Waals surface area contributed by atoms with Gasteiger partial charge in [0, 0.05) is 29.3 Å². The fourth-order valence-electron chi connectivity index (χ4n) is 2.81. The van der Waals surface area contributed by atoms with Crippen molar-refractivity contribution in [2.75, 3.05) is 5.32 Å². The van der Waals surface area contributed by atoms with Crippen LogP contribution in [0.4, 0.5) is 11.4 Å². The summed E-state index contributed by atoms with van der Waals surface area (Å²) in [6.07, 6.45) is 0. The SMILES string of the molecule is CC1Nc2ccc(-c3ccc([N+](=O)[O-])cc3)cc2C1(C)C. The molecule has 4 heteroatoms. The number of nitrogens with zero attached hydrogens (tertiary/aromatic N) is 1. The fraction of sp³-hybridized carbons (Fsp3) is 0.294. The summed E-state index contributed by atoms with van der Waals surface area (Å²) in [7, 11) is 0. The molecule has 0 aromatic heterocycles. The van der Waals surface area contributed by atoms with Crippen LogP contribution in [0.5, 0.6) is 0 Å². The molecule has 1 N–H and O–H groups in total. The van der Waals surface area contributed by atoms with Gasteiger partial charge in [-0.15, -0.1) is 0 Å². The first-order valence-corrected chi connectivity index (χ1v) is 7.05. The predicted molar refractivity (Wildman–Crippen MR) is 84.6 cm³/mol. The Labute approximate surface area is 124 Å². The summed E-state index contributed by atoms with van der Waals surface area (Å²) < 4.78 is 0. The van der Waals surface area contributed by atoms with Crippen LogP contribution in [0.1, 0.15) is 26.3 Å². The topological polar surface area (TPSA) is 55.2 Å². The van der Waals surface area contributed by atoms with E-state index in [0.717, 1.165) is 11.1 Å². The van der Waals surface area contributed by atoms with Crippen LogP contribution in [0.15, 0.2) is 42.5 Å². The van der Waals surface area contributed by atoms with Gasteiger partial charge in [0.2, 0.25) is 0 Å². The van der Waals surface area contributed by atoms with Crippen LogP contribution in [0.25, 0.3) is 11.1 Å². The Morgan fingerprint density at radius 1 is 1.10 bits per heavy atom. The number of anilines is 1. The zero-order chi connectivity index (χ0) is 15.2. The predicted octanol–water partition coefficient (Wildman–Crippen LogP) is 4.35. The zero-order valence-corrected chi connectivity index (χ0v) is 12.4.